The van der Waals surface area contributed by atoms with Gasteiger partial charge in [0, 0.05) is 6.04 Å². The van der Waals surface area contributed by atoms with E-state index in [-0.39, 0.29) is 19.3 Å². The minimum Gasteiger partial charge on any atom is -0.395 e. The Bertz CT molecular complexity index is 98.5. The molecular formula is C9H20FNO. The van der Waals surface area contributed by atoms with Crippen molar-refractivity contribution in [3.05, 3.63) is 0 Å². The molecular weight excluding hydrogens is 157 g/mol. The highest BCUT2D eigenvalue weighted by molar-refractivity contribution is 4.66. The zero-order valence-electron chi connectivity index (χ0n) is 8.02. The smallest absolute Gasteiger partial charge is 0.0906 e. The van der Waals surface area contributed by atoms with Crippen molar-refractivity contribution in [3.63, 3.8) is 0 Å². The van der Waals surface area contributed by atoms with E-state index in [1.54, 1.807) is 0 Å². The Labute approximate surface area is 74.2 Å². The van der Waals surface area contributed by atoms with Gasteiger partial charge in [-0.25, -0.2) is 0 Å². The molecule has 2 N–H and O–H groups in total. The Balaban J connectivity index is 3.39. The lowest BCUT2D eigenvalue weighted by atomic mass is 10.0. The van der Waals surface area contributed by atoms with Crippen LogP contribution in [0.1, 0.15) is 26.7 Å². The van der Waals surface area contributed by atoms with Crippen molar-refractivity contribution in [2.75, 3.05) is 19.8 Å². The summed E-state index contributed by atoms with van der Waals surface area (Å²) in [6, 6.07) is 0.136. The molecule has 0 saturated carbocycles. The van der Waals surface area contributed by atoms with Gasteiger partial charge in [0.15, 0.2) is 0 Å². The second kappa shape index (κ2) is 7.50. The first-order valence-corrected chi connectivity index (χ1v) is 4.61. The quantitative estimate of drug-likeness (QED) is 0.575. The normalized spacial score (nSPS) is 13.8. The lowest BCUT2D eigenvalue weighted by molar-refractivity contribution is 0.223. The van der Waals surface area contributed by atoms with Crippen molar-refractivity contribution in [2.45, 2.75) is 32.7 Å². The largest absolute Gasteiger partial charge is 0.395 e. The van der Waals surface area contributed by atoms with Gasteiger partial charge in [-0.05, 0) is 25.3 Å². The van der Waals surface area contributed by atoms with Gasteiger partial charge in [-0.3, -0.25) is 4.39 Å². The van der Waals surface area contributed by atoms with Gasteiger partial charge in [0.25, 0.3) is 0 Å². The summed E-state index contributed by atoms with van der Waals surface area (Å²) < 4.78 is 11.7. The molecule has 0 aromatic rings. The van der Waals surface area contributed by atoms with Gasteiger partial charge in [-0.1, -0.05) is 13.8 Å². The van der Waals surface area contributed by atoms with Crippen LogP contribution in [-0.4, -0.2) is 31.0 Å². The van der Waals surface area contributed by atoms with E-state index >= 15 is 0 Å². The van der Waals surface area contributed by atoms with E-state index in [1.807, 2.05) is 0 Å². The van der Waals surface area contributed by atoms with Crippen LogP contribution in [0, 0.1) is 5.92 Å². The van der Waals surface area contributed by atoms with Gasteiger partial charge >= 0.3 is 0 Å². The van der Waals surface area contributed by atoms with Crippen molar-refractivity contribution in [1.29, 1.82) is 0 Å². The second-order valence-electron chi connectivity index (χ2n) is 3.51. The van der Waals surface area contributed by atoms with E-state index in [1.165, 1.54) is 0 Å². The fraction of sp³-hybridized carbons (Fsp3) is 1.00. The third-order valence-corrected chi connectivity index (χ3v) is 1.72. The second-order valence-corrected chi connectivity index (χ2v) is 3.51. The summed E-state index contributed by atoms with van der Waals surface area (Å²) in [6.07, 6.45) is 1.48. The van der Waals surface area contributed by atoms with Crippen molar-refractivity contribution >= 4 is 0 Å². The number of nitrogens with one attached hydrogen (secondary N) is 1. The highest BCUT2D eigenvalue weighted by Crippen LogP contribution is 2.03. The van der Waals surface area contributed by atoms with E-state index in [0.717, 1.165) is 6.42 Å². The first-order chi connectivity index (χ1) is 5.70. The van der Waals surface area contributed by atoms with E-state index in [0.29, 0.717) is 18.9 Å². The van der Waals surface area contributed by atoms with Crippen LogP contribution in [0.2, 0.25) is 0 Å². The molecule has 0 saturated heterocycles. The topological polar surface area (TPSA) is 32.3 Å². The molecule has 0 aromatic heterocycles. The van der Waals surface area contributed by atoms with Crippen LogP contribution in [0.25, 0.3) is 0 Å². The van der Waals surface area contributed by atoms with Gasteiger partial charge in [-0.15, -0.1) is 0 Å². The molecule has 3 heteroatoms. The van der Waals surface area contributed by atoms with Crippen LogP contribution >= 0.6 is 0 Å². The third-order valence-electron chi connectivity index (χ3n) is 1.72. The molecule has 1 atom stereocenters. The maximum absolute atomic E-state index is 11.7. The number of aliphatic hydroxyl groups is 1. The maximum atomic E-state index is 11.7. The molecule has 0 aliphatic rings. The van der Waals surface area contributed by atoms with Gasteiger partial charge < -0.3 is 10.4 Å². The molecule has 74 valence electrons. The Hall–Kier alpha value is -0.150. The fourth-order valence-electron chi connectivity index (χ4n) is 1.16. The molecule has 0 aromatic carbocycles. The van der Waals surface area contributed by atoms with E-state index in [4.69, 9.17) is 5.11 Å². The van der Waals surface area contributed by atoms with Crippen LogP contribution in [0.4, 0.5) is 4.39 Å². The van der Waals surface area contributed by atoms with Crippen LogP contribution < -0.4 is 5.32 Å². The van der Waals surface area contributed by atoms with Gasteiger partial charge in [-0.2, -0.15) is 0 Å². The molecule has 12 heavy (non-hydrogen) atoms. The first-order valence-electron chi connectivity index (χ1n) is 4.61. The van der Waals surface area contributed by atoms with Crippen molar-refractivity contribution in [2.24, 2.45) is 5.92 Å². The Morgan fingerprint density at radius 3 is 2.50 bits per heavy atom. The van der Waals surface area contributed by atoms with Crippen LogP contribution in [0.5, 0.6) is 0 Å². The van der Waals surface area contributed by atoms with E-state index in [9.17, 15) is 4.39 Å². The predicted molar refractivity (Wildman–Crippen MR) is 48.9 cm³/mol. The third kappa shape index (κ3) is 6.55. The summed E-state index contributed by atoms with van der Waals surface area (Å²) in [5.74, 6) is 0.569. The standard InChI is InChI=1S/C9H20FNO/c1-8(2)6-9(7-12)11-5-3-4-10/h8-9,11-12H,3-7H2,1-2H3. The molecule has 0 fully saturated rings. The minimum absolute atomic E-state index is 0.136. The molecule has 0 amide bonds. The summed E-state index contributed by atoms with van der Waals surface area (Å²) >= 11 is 0. The summed E-state index contributed by atoms with van der Waals surface area (Å²) in [4.78, 5) is 0. The summed E-state index contributed by atoms with van der Waals surface area (Å²) in [5, 5.41) is 12.0. The molecule has 0 heterocycles. The highest BCUT2D eigenvalue weighted by Gasteiger charge is 2.07. The fourth-order valence-corrected chi connectivity index (χ4v) is 1.16. The maximum Gasteiger partial charge on any atom is 0.0906 e. The van der Waals surface area contributed by atoms with Gasteiger partial charge in [0.05, 0.1) is 13.3 Å². The Kier molecular flexibility index (Phi) is 7.40. The lowest BCUT2D eigenvalue weighted by Crippen LogP contribution is -2.34. The summed E-state index contributed by atoms with van der Waals surface area (Å²) in [5.41, 5.74) is 0. The van der Waals surface area contributed by atoms with Crippen LogP contribution in [0.15, 0.2) is 0 Å². The number of aliphatic hydroxyl groups excluding tert-OH is 1. The number of halogens is 1. The highest BCUT2D eigenvalue weighted by atomic mass is 19.1. The molecule has 0 aliphatic carbocycles. The van der Waals surface area contributed by atoms with Crippen LogP contribution in [0.3, 0.4) is 0 Å². The molecule has 2 nitrogen and oxygen atoms in total. The predicted octanol–water partition coefficient (Wildman–Crippen LogP) is 1.34. The molecule has 0 spiro atoms. The van der Waals surface area contributed by atoms with Gasteiger partial charge in [0.1, 0.15) is 0 Å². The van der Waals surface area contributed by atoms with Crippen molar-refractivity contribution < 1.29 is 9.50 Å². The average molecular weight is 177 g/mol. The Morgan fingerprint density at radius 1 is 1.42 bits per heavy atom. The monoisotopic (exact) mass is 177 g/mol. The summed E-state index contributed by atoms with van der Waals surface area (Å²) in [7, 11) is 0. The first kappa shape index (κ1) is 11.8. The summed E-state index contributed by atoms with van der Waals surface area (Å²) in [6.45, 7) is 4.74. The number of hydrogen-bond acceptors (Lipinski definition) is 2. The minimum atomic E-state index is -0.285. The van der Waals surface area contributed by atoms with E-state index in [2.05, 4.69) is 19.2 Å². The van der Waals surface area contributed by atoms with Crippen molar-refractivity contribution in [1.82, 2.24) is 5.32 Å². The Morgan fingerprint density at radius 2 is 2.08 bits per heavy atom. The van der Waals surface area contributed by atoms with E-state index < -0.39 is 0 Å². The SMILES string of the molecule is CC(C)CC(CO)NCCCF. The zero-order valence-corrected chi connectivity index (χ0v) is 8.02. The number of hydrogen-bond donors (Lipinski definition) is 2. The molecule has 0 bridgehead atoms. The zero-order chi connectivity index (χ0) is 9.40. The van der Waals surface area contributed by atoms with Crippen molar-refractivity contribution in [3.8, 4) is 0 Å². The molecule has 0 rings (SSSR count). The molecule has 0 aliphatic heterocycles. The number of alkyl halides is 1. The molecule has 0 radical (unpaired) electrons. The lowest BCUT2D eigenvalue weighted by Gasteiger charge is -2.17. The van der Waals surface area contributed by atoms with Crippen LogP contribution in [-0.2, 0) is 0 Å². The average Bonchev–Trinajstić information content (AvgIpc) is 2.02. The van der Waals surface area contributed by atoms with Gasteiger partial charge in [0.2, 0.25) is 0 Å². The number of rotatable bonds is 7. The molecule has 1 unspecified atom stereocenters.